The Morgan fingerprint density at radius 1 is 1.47 bits per heavy atom. The Morgan fingerprint density at radius 3 is 2.94 bits per heavy atom. The number of amides is 1. The molecule has 2 N–H and O–H groups in total. The number of aromatic hydroxyl groups is 1. The second-order valence-corrected chi connectivity index (χ2v) is 3.46. The third kappa shape index (κ3) is 4.90. The molecule has 6 heteroatoms. The minimum atomic E-state index is -0.160. The second kappa shape index (κ2) is 7.14. The quantitative estimate of drug-likeness (QED) is 0.339. The summed E-state index contributed by atoms with van der Waals surface area (Å²) in [6.07, 6.45) is 0.755. The van der Waals surface area contributed by atoms with Crippen molar-refractivity contribution in [3.05, 3.63) is 40.3 Å². The number of rotatable bonds is 6. The predicted molar refractivity (Wildman–Crippen MR) is 63.5 cm³/mol. The number of hydrogen-bond acceptors (Lipinski definition) is 3. The predicted octanol–water partition coefficient (Wildman–Crippen LogP) is 1.75. The highest BCUT2D eigenvalue weighted by Crippen LogP contribution is 2.15. The Bertz CT molecular complexity index is 427. The van der Waals surface area contributed by atoms with Crippen molar-refractivity contribution in [2.24, 2.45) is 5.11 Å². The zero-order valence-electron chi connectivity index (χ0n) is 9.33. The number of para-hydroxylation sites is 1. The van der Waals surface area contributed by atoms with Crippen molar-refractivity contribution in [1.82, 2.24) is 5.32 Å². The van der Waals surface area contributed by atoms with Crippen LogP contribution in [-0.2, 0) is 11.2 Å². The van der Waals surface area contributed by atoms with Gasteiger partial charge in [0.25, 0.3) is 0 Å². The molecule has 90 valence electrons. The molecule has 0 heterocycles. The first-order chi connectivity index (χ1) is 8.24. The number of nitrogens with zero attached hydrogens (tertiary/aromatic N) is 3. The van der Waals surface area contributed by atoms with E-state index >= 15 is 0 Å². The highest BCUT2D eigenvalue weighted by molar-refractivity contribution is 5.79. The van der Waals surface area contributed by atoms with Crippen LogP contribution in [0.4, 0.5) is 0 Å². The van der Waals surface area contributed by atoms with E-state index in [-0.39, 0.29) is 18.1 Å². The molecule has 0 aliphatic carbocycles. The SMILES string of the molecule is [N-]=[N+]=NCCCNC(=O)Cc1ccccc1O. The number of hydrogen-bond donors (Lipinski definition) is 2. The molecule has 0 aromatic heterocycles. The standard InChI is InChI=1S/C11H14N4O2/c12-15-14-7-3-6-13-11(17)8-9-4-1-2-5-10(9)16/h1-2,4-5,16H,3,6-8H2,(H,13,17). The molecule has 0 spiro atoms. The summed E-state index contributed by atoms with van der Waals surface area (Å²) >= 11 is 0. The molecule has 0 aliphatic rings. The van der Waals surface area contributed by atoms with Crippen LogP contribution in [0.25, 0.3) is 10.4 Å². The zero-order valence-corrected chi connectivity index (χ0v) is 9.33. The molecular formula is C11H14N4O2. The molecule has 0 saturated carbocycles. The third-order valence-electron chi connectivity index (χ3n) is 2.16. The van der Waals surface area contributed by atoms with Gasteiger partial charge in [0.05, 0.1) is 6.42 Å². The Balaban J connectivity index is 2.30. The van der Waals surface area contributed by atoms with Gasteiger partial charge in [0.15, 0.2) is 0 Å². The maximum Gasteiger partial charge on any atom is 0.224 e. The number of phenolic OH excluding ortho intramolecular Hbond substituents is 1. The third-order valence-corrected chi connectivity index (χ3v) is 2.16. The van der Waals surface area contributed by atoms with Gasteiger partial charge in [-0.2, -0.15) is 0 Å². The molecule has 0 aliphatic heterocycles. The first-order valence-corrected chi connectivity index (χ1v) is 5.28. The highest BCUT2D eigenvalue weighted by atomic mass is 16.3. The van der Waals surface area contributed by atoms with Gasteiger partial charge in [-0.15, -0.1) is 0 Å². The lowest BCUT2D eigenvalue weighted by molar-refractivity contribution is -0.120. The fourth-order valence-corrected chi connectivity index (χ4v) is 1.32. The molecule has 0 fully saturated rings. The maximum atomic E-state index is 11.5. The lowest BCUT2D eigenvalue weighted by Gasteiger charge is -2.05. The van der Waals surface area contributed by atoms with E-state index in [1.54, 1.807) is 24.3 Å². The van der Waals surface area contributed by atoms with E-state index in [9.17, 15) is 9.90 Å². The number of azide groups is 1. The van der Waals surface area contributed by atoms with Crippen molar-refractivity contribution < 1.29 is 9.90 Å². The van der Waals surface area contributed by atoms with Gasteiger partial charge in [-0.1, -0.05) is 23.3 Å². The van der Waals surface area contributed by atoms with E-state index in [2.05, 4.69) is 15.3 Å². The van der Waals surface area contributed by atoms with Crippen LogP contribution in [0.3, 0.4) is 0 Å². The molecule has 1 rings (SSSR count). The molecular weight excluding hydrogens is 220 g/mol. The number of carbonyl (C=O) groups excluding carboxylic acids is 1. The Morgan fingerprint density at radius 2 is 2.24 bits per heavy atom. The van der Waals surface area contributed by atoms with Crippen LogP contribution in [0, 0.1) is 0 Å². The molecule has 6 nitrogen and oxygen atoms in total. The fraction of sp³-hybridized carbons (Fsp3) is 0.364. The Labute approximate surface area is 98.9 Å². The summed E-state index contributed by atoms with van der Waals surface area (Å²) in [6.45, 7) is 0.832. The van der Waals surface area contributed by atoms with Crippen LogP contribution in [-0.4, -0.2) is 24.1 Å². The second-order valence-electron chi connectivity index (χ2n) is 3.46. The molecule has 0 atom stereocenters. The van der Waals surface area contributed by atoms with Crippen molar-refractivity contribution in [2.75, 3.05) is 13.1 Å². The van der Waals surface area contributed by atoms with E-state index in [1.165, 1.54) is 0 Å². The van der Waals surface area contributed by atoms with E-state index < -0.39 is 0 Å². The number of phenols is 1. The average molecular weight is 234 g/mol. The van der Waals surface area contributed by atoms with Crippen molar-refractivity contribution in [3.8, 4) is 5.75 Å². The number of carbonyl (C=O) groups is 1. The molecule has 1 aromatic carbocycles. The zero-order chi connectivity index (χ0) is 12.5. The van der Waals surface area contributed by atoms with Gasteiger partial charge in [-0.25, -0.2) is 0 Å². The van der Waals surface area contributed by atoms with Crippen LogP contribution in [0.15, 0.2) is 29.4 Å². The summed E-state index contributed by atoms with van der Waals surface area (Å²) in [7, 11) is 0. The van der Waals surface area contributed by atoms with Crippen LogP contribution in [0.1, 0.15) is 12.0 Å². The molecule has 0 saturated heterocycles. The summed E-state index contributed by atoms with van der Waals surface area (Å²) in [6, 6.07) is 6.72. The van der Waals surface area contributed by atoms with Crippen molar-refractivity contribution in [1.29, 1.82) is 0 Å². The normalized spacial score (nSPS) is 9.41. The van der Waals surface area contributed by atoms with Gasteiger partial charge in [-0.05, 0) is 18.0 Å². The van der Waals surface area contributed by atoms with E-state index in [0.29, 0.717) is 25.1 Å². The highest BCUT2D eigenvalue weighted by Gasteiger charge is 2.05. The van der Waals surface area contributed by atoms with Gasteiger partial charge in [-0.3, -0.25) is 4.79 Å². The maximum absolute atomic E-state index is 11.5. The van der Waals surface area contributed by atoms with Gasteiger partial charge < -0.3 is 10.4 Å². The van der Waals surface area contributed by atoms with E-state index in [4.69, 9.17) is 5.53 Å². The number of nitrogens with one attached hydrogen (secondary N) is 1. The monoisotopic (exact) mass is 234 g/mol. The molecule has 0 bridgehead atoms. The van der Waals surface area contributed by atoms with Gasteiger partial charge in [0.1, 0.15) is 5.75 Å². The summed E-state index contributed by atoms with van der Waals surface area (Å²) in [5, 5.41) is 15.5. The summed E-state index contributed by atoms with van der Waals surface area (Å²) in [5.74, 6) is -0.0378. The van der Waals surface area contributed by atoms with Crippen molar-refractivity contribution >= 4 is 5.91 Å². The molecule has 1 amide bonds. The smallest absolute Gasteiger partial charge is 0.224 e. The Kier molecular flexibility index (Phi) is 5.40. The first-order valence-electron chi connectivity index (χ1n) is 5.28. The van der Waals surface area contributed by atoms with Gasteiger partial charge in [0, 0.05) is 23.6 Å². The lowest BCUT2D eigenvalue weighted by Crippen LogP contribution is -2.26. The Hall–Kier alpha value is -2.20. The van der Waals surface area contributed by atoms with Crippen molar-refractivity contribution in [2.45, 2.75) is 12.8 Å². The summed E-state index contributed by atoms with van der Waals surface area (Å²) in [4.78, 5) is 14.1. The summed E-state index contributed by atoms with van der Waals surface area (Å²) in [5.41, 5.74) is 8.64. The van der Waals surface area contributed by atoms with Crippen LogP contribution in [0.2, 0.25) is 0 Å². The minimum absolute atomic E-state index is 0.122. The average Bonchev–Trinajstić information content (AvgIpc) is 2.32. The topological polar surface area (TPSA) is 98.1 Å². The molecule has 17 heavy (non-hydrogen) atoms. The van der Waals surface area contributed by atoms with Gasteiger partial charge in [0.2, 0.25) is 5.91 Å². The lowest BCUT2D eigenvalue weighted by atomic mass is 10.1. The van der Waals surface area contributed by atoms with Crippen molar-refractivity contribution in [3.63, 3.8) is 0 Å². The summed E-state index contributed by atoms with van der Waals surface area (Å²) < 4.78 is 0. The largest absolute Gasteiger partial charge is 0.508 e. The molecule has 1 aromatic rings. The fourth-order valence-electron chi connectivity index (χ4n) is 1.32. The minimum Gasteiger partial charge on any atom is -0.508 e. The molecule has 0 radical (unpaired) electrons. The van der Waals surface area contributed by atoms with Crippen LogP contribution >= 0.6 is 0 Å². The van der Waals surface area contributed by atoms with Gasteiger partial charge >= 0.3 is 0 Å². The van der Waals surface area contributed by atoms with Crippen LogP contribution < -0.4 is 5.32 Å². The number of benzene rings is 1. The molecule has 0 unspecified atom stereocenters. The van der Waals surface area contributed by atoms with Crippen LogP contribution in [0.5, 0.6) is 5.75 Å². The van der Waals surface area contributed by atoms with E-state index in [0.717, 1.165) is 0 Å². The van der Waals surface area contributed by atoms with E-state index in [1.807, 2.05) is 0 Å². The first kappa shape index (κ1) is 12.9.